The summed E-state index contributed by atoms with van der Waals surface area (Å²) in [5, 5.41) is 4.23. The predicted molar refractivity (Wildman–Crippen MR) is 105 cm³/mol. The lowest BCUT2D eigenvalue weighted by Crippen LogP contribution is -2.15. The van der Waals surface area contributed by atoms with Crippen LogP contribution < -0.4 is 14.8 Å². The fourth-order valence-electron chi connectivity index (χ4n) is 2.60. The number of hydrogen-bond acceptors (Lipinski definition) is 6. The molecule has 0 saturated carbocycles. The molecule has 0 saturated heterocycles. The van der Waals surface area contributed by atoms with Gasteiger partial charge in [0.15, 0.2) is 11.5 Å². The molecule has 1 aromatic heterocycles. The molecule has 2 heterocycles. The van der Waals surface area contributed by atoms with E-state index in [1.165, 1.54) is 11.8 Å². The summed E-state index contributed by atoms with van der Waals surface area (Å²) in [6, 6.07) is 5.24. The van der Waals surface area contributed by atoms with Crippen molar-refractivity contribution in [2.75, 3.05) is 25.3 Å². The van der Waals surface area contributed by atoms with Gasteiger partial charge in [-0.05, 0) is 30.2 Å². The maximum absolute atomic E-state index is 12.2. The lowest BCUT2D eigenvalue weighted by Gasteiger charge is -2.10. The highest BCUT2D eigenvalue weighted by atomic mass is 35.5. The van der Waals surface area contributed by atoms with E-state index in [-0.39, 0.29) is 11.7 Å². The molecule has 8 heteroatoms. The predicted octanol–water partition coefficient (Wildman–Crippen LogP) is 4.02. The van der Waals surface area contributed by atoms with Crippen LogP contribution in [0.1, 0.15) is 11.1 Å². The van der Waals surface area contributed by atoms with Gasteiger partial charge >= 0.3 is 0 Å². The molecule has 1 aliphatic rings. The van der Waals surface area contributed by atoms with Gasteiger partial charge in [0.1, 0.15) is 5.15 Å². The number of halogens is 1. The molecule has 1 aromatic carbocycles. The highest BCUT2D eigenvalue weighted by molar-refractivity contribution is 8.14. The fraction of sp³-hybridized carbons (Fsp3) is 0.278. The van der Waals surface area contributed by atoms with Crippen molar-refractivity contribution in [3.8, 4) is 11.5 Å². The van der Waals surface area contributed by atoms with Crippen molar-refractivity contribution in [2.24, 2.45) is 4.99 Å². The highest BCUT2D eigenvalue weighted by Gasteiger charge is 2.20. The van der Waals surface area contributed by atoms with Crippen molar-refractivity contribution < 1.29 is 14.3 Å². The van der Waals surface area contributed by atoms with E-state index < -0.39 is 0 Å². The Morgan fingerprint density at radius 2 is 2.08 bits per heavy atom. The minimum Gasteiger partial charge on any atom is -0.493 e. The van der Waals surface area contributed by atoms with Crippen molar-refractivity contribution in [1.29, 1.82) is 0 Å². The van der Waals surface area contributed by atoms with Gasteiger partial charge < -0.3 is 14.8 Å². The third-order valence-electron chi connectivity index (χ3n) is 3.98. The van der Waals surface area contributed by atoms with Crippen LogP contribution in [0.15, 0.2) is 29.4 Å². The highest BCUT2D eigenvalue weighted by Crippen LogP contribution is 2.34. The summed E-state index contributed by atoms with van der Waals surface area (Å²) >= 11 is 7.46. The number of fused-ring (bicyclic) bond motifs is 1. The van der Waals surface area contributed by atoms with Gasteiger partial charge in [-0.15, -0.1) is 11.8 Å². The third-order valence-corrected chi connectivity index (χ3v) is 5.34. The molecule has 1 N–H and O–H groups in total. The molecule has 0 fully saturated rings. The number of aliphatic imine (C=N–C) groups is 1. The molecule has 3 rings (SSSR count). The number of benzene rings is 1. The van der Waals surface area contributed by atoms with Gasteiger partial charge in [0.2, 0.25) is 5.91 Å². The fourth-order valence-corrected chi connectivity index (χ4v) is 3.54. The Morgan fingerprint density at radius 3 is 2.81 bits per heavy atom. The van der Waals surface area contributed by atoms with E-state index in [0.717, 1.165) is 21.9 Å². The number of nitrogens with zero attached hydrogens (tertiary/aromatic N) is 2. The lowest BCUT2D eigenvalue weighted by molar-refractivity contribution is -0.113. The Labute approximate surface area is 161 Å². The van der Waals surface area contributed by atoms with Crippen molar-refractivity contribution >= 4 is 45.7 Å². The average Bonchev–Trinajstić information content (AvgIpc) is 3.07. The molecule has 2 aromatic rings. The van der Waals surface area contributed by atoms with Crippen LogP contribution in [0.3, 0.4) is 0 Å². The van der Waals surface area contributed by atoms with E-state index >= 15 is 0 Å². The number of nitrogens with one attached hydrogen (secondary N) is 1. The number of hydrogen-bond donors (Lipinski definition) is 1. The maximum atomic E-state index is 12.2. The van der Waals surface area contributed by atoms with E-state index in [1.54, 1.807) is 38.6 Å². The third kappa shape index (κ3) is 3.94. The molecule has 0 atom stereocenters. The standard InChI is InChI=1S/C18H18ClN3O3S/c1-10-12-7-17(22-13(12)8-20-18(10)19)26-9-16(23)21-11-4-5-14(24-2)15(6-11)25-3/h4-6,8H,7,9H2,1-3H3,(H,21,23). The first-order chi connectivity index (χ1) is 12.5. The van der Waals surface area contributed by atoms with Gasteiger partial charge in [0.05, 0.1) is 36.9 Å². The first-order valence-electron chi connectivity index (χ1n) is 7.88. The number of rotatable bonds is 5. The van der Waals surface area contributed by atoms with Crippen molar-refractivity contribution in [2.45, 2.75) is 13.3 Å². The summed E-state index contributed by atoms with van der Waals surface area (Å²) < 4.78 is 10.4. The minimum atomic E-state index is -0.117. The Morgan fingerprint density at radius 1 is 1.31 bits per heavy atom. The number of anilines is 1. The summed E-state index contributed by atoms with van der Waals surface area (Å²) in [5.41, 5.74) is 3.50. The van der Waals surface area contributed by atoms with Crippen LogP contribution in [0.5, 0.6) is 11.5 Å². The van der Waals surface area contributed by atoms with Gasteiger partial charge in [0, 0.05) is 18.2 Å². The van der Waals surface area contributed by atoms with Gasteiger partial charge in [-0.2, -0.15) is 0 Å². The number of carbonyl (C=O) groups excluding carboxylic acids is 1. The number of methoxy groups -OCH3 is 2. The molecule has 136 valence electrons. The number of amides is 1. The zero-order chi connectivity index (χ0) is 18.7. The Bertz CT molecular complexity index is 886. The molecular formula is C18H18ClN3O3S. The monoisotopic (exact) mass is 391 g/mol. The second-order valence-electron chi connectivity index (χ2n) is 5.63. The first-order valence-corrected chi connectivity index (χ1v) is 9.24. The lowest BCUT2D eigenvalue weighted by atomic mass is 10.1. The number of ether oxygens (including phenoxy) is 2. The van der Waals surface area contributed by atoms with Crippen LogP contribution in [0.25, 0.3) is 0 Å². The van der Waals surface area contributed by atoms with Gasteiger partial charge in [-0.3, -0.25) is 4.79 Å². The maximum Gasteiger partial charge on any atom is 0.234 e. The van der Waals surface area contributed by atoms with E-state index in [4.69, 9.17) is 21.1 Å². The number of pyridine rings is 1. The Kier molecular flexibility index (Phi) is 5.68. The van der Waals surface area contributed by atoms with E-state index in [9.17, 15) is 4.79 Å². The van der Waals surface area contributed by atoms with Gasteiger partial charge in [-0.1, -0.05) is 11.6 Å². The van der Waals surface area contributed by atoms with Crippen LogP contribution >= 0.6 is 23.4 Å². The summed E-state index contributed by atoms with van der Waals surface area (Å²) in [5.74, 6) is 1.32. The Balaban J connectivity index is 1.58. The van der Waals surface area contributed by atoms with Crippen molar-refractivity contribution in [1.82, 2.24) is 4.98 Å². The van der Waals surface area contributed by atoms with E-state index in [1.807, 2.05) is 6.92 Å². The molecule has 1 amide bonds. The molecule has 0 radical (unpaired) electrons. The topological polar surface area (TPSA) is 72.8 Å². The molecule has 1 aliphatic heterocycles. The number of thioether (sulfide) groups is 1. The van der Waals surface area contributed by atoms with E-state index in [2.05, 4.69) is 15.3 Å². The van der Waals surface area contributed by atoms with Crippen LogP contribution in [0.4, 0.5) is 11.4 Å². The zero-order valence-electron chi connectivity index (χ0n) is 14.6. The molecule has 6 nitrogen and oxygen atoms in total. The number of aromatic nitrogens is 1. The largest absolute Gasteiger partial charge is 0.493 e. The summed E-state index contributed by atoms with van der Waals surface area (Å²) in [6.45, 7) is 1.93. The van der Waals surface area contributed by atoms with Crippen LogP contribution in [-0.2, 0) is 11.2 Å². The van der Waals surface area contributed by atoms with Gasteiger partial charge in [-0.25, -0.2) is 9.98 Å². The Hall–Kier alpha value is -2.25. The van der Waals surface area contributed by atoms with Crippen LogP contribution in [0, 0.1) is 6.92 Å². The molecule has 0 aliphatic carbocycles. The van der Waals surface area contributed by atoms with Crippen molar-refractivity contribution in [3.05, 3.63) is 40.7 Å². The van der Waals surface area contributed by atoms with E-state index in [0.29, 0.717) is 28.8 Å². The van der Waals surface area contributed by atoms with Crippen molar-refractivity contribution in [3.63, 3.8) is 0 Å². The van der Waals surface area contributed by atoms with Gasteiger partial charge in [0.25, 0.3) is 0 Å². The quantitative estimate of drug-likeness (QED) is 0.779. The second-order valence-corrected chi connectivity index (χ2v) is 7.03. The number of carbonyl (C=O) groups is 1. The second kappa shape index (κ2) is 7.97. The molecule has 26 heavy (non-hydrogen) atoms. The molecule has 0 unspecified atom stereocenters. The van der Waals surface area contributed by atoms with Crippen LogP contribution in [0.2, 0.25) is 5.15 Å². The average molecular weight is 392 g/mol. The smallest absolute Gasteiger partial charge is 0.234 e. The zero-order valence-corrected chi connectivity index (χ0v) is 16.2. The first kappa shape index (κ1) is 18.5. The summed E-state index contributed by atoms with van der Waals surface area (Å²) in [7, 11) is 3.12. The van der Waals surface area contributed by atoms with Crippen LogP contribution in [-0.4, -0.2) is 35.9 Å². The minimum absolute atomic E-state index is 0.117. The summed E-state index contributed by atoms with van der Waals surface area (Å²) in [4.78, 5) is 20.9. The summed E-state index contributed by atoms with van der Waals surface area (Å²) in [6.07, 6.45) is 2.35. The molecular weight excluding hydrogens is 374 g/mol. The SMILES string of the molecule is COc1ccc(NC(=O)CSC2=Nc3cnc(Cl)c(C)c3C2)cc1OC. The molecule has 0 bridgehead atoms. The molecule has 0 spiro atoms. The normalized spacial score (nSPS) is 12.4.